The molecule has 1 aliphatic rings. The van der Waals surface area contributed by atoms with E-state index in [4.69, 9.17) is 10.6 Å². The molecule has 3 nitrogen and oxygen atoms in total. The van der Waals surface area contributed by atoms with Gasteiger partial charge in [-0.2, -0.15) is 0 Å². The lowest BCUT2D eigenvalue weighted by Gasteiger charge is -2.21. The van der Waals surface area contributed by atoms with Crippen molar-refractivity contribution in [1.29, 1.82) is 0 Å². The lowest BCUT2D eigenvalue weighted by Crippen LogP contribution is -2.32. The molecule has 18 heavy (non-hydrogen) atoms. The number of hydrogen-bond donors (Lipinski definition) is 2. The van der Waals surface area contributed by atoms with E-state index in [0.29, 0.717) is 13.0 Å². The quantitative estimate of drug-likeness (QED) is 0.509. The third-order valence-corrected chi connectivity index (χ3v) is 3.76. The number of hydrogen-bond acceptors (Lipinski definition) is 3. The van der Waals surface area contributed by atoms with Crippen LogP contribution in [0.5, 0.6) is 0 Å². The Bertz CT molecular complexity index is 425. The normalized spacial score (nSPS) is 21.2. The molecule has 6 heteroatoms. The zero-order valence-corrected chi connectivity index (χ0v) is 11.3. The largest absolute Gasteiger partial charge is 0.378 e. The Labute approximate surface area is 113 Å². The topological polar surface area (TPSA) is 47.3 Å². The van der Waals surface area contributed by atoms with Crippen molar-refractivity contribution in [2.75, 3.05) is 6.61 Å². The molecule has 0 aliphatic carbocycles. The lowest BCUT2D eigenvalue weighted by atomic mass is 9.99. The number of hydrazine groups is 1. The highest BCUT2D eigenvalue weighted by molar-refractivity contribution is 9.10. The summed E-state index contributed by atoms with van der Waals surface area (Å²) in [6.45, 7) is 0.700. The molecule has 0 spiro atoms. The summed E-state index contributed by atoms with van der Waals surface area (Å²) in [7, 11) is 0. The van der Waals surface area contributed by atoms with E-state index in [1.807, 2.05) is 0 Å². The van der Waals surface area contributed by atoms with Crippen molar-refractivity contribution in [2.24, 2.45) is 5.84 Å². The van der Waals surface area contributed by atoms with E-state index in [1.54, 1.807) is 0 Å². The molecule has 100 valence electrons. The molecule has 3 N–H and O–H groups in total. The van der Waals surface area contributed by atoms with Crippen molar-refractivity contribution in [1.82, 2.24) is 5.43 Å². The second kappa shape index (κ2) is 6.06. The van der Waals surface area contributed by atoms with E-state index in [1.165, 1.54) is 12.1 Å². The zero-order valence-electron chi connectivity index (χ0n) is 9.76. The number of benzene rings is 1. The smallest absolute Gasteiger partial charge is 0.145 e. The van der Waals surface area contributed by atoms with E-state index in [2.05, 4.69) is 21.4 Å². The highest BCUT2D eigenvalue weighted by atomic mass is 79.9. The highest BCUT2D eigenvalue weighted by Gasteiger charge is 2.26. The summed E-state index contributed by atoms with van der Waals surface area (Å²) >= 11 is 3.05. The lowest BCUT2D eigenvalue weighted by molar-refractivity contribution is 0.0938. The fourth-order valence-electron chi connectivity index (χ4n) is 2.22. The zero-order chi connectivity index (χ0) is 13.1. The van der Waals surface area contributed by atoms with E-state index in [9.17, 15) is 8.78 Å². The number of rotatable bonds is 4. The minimum Gasteiger partial charge on any atom is -0.378 e. The summed E-state index contributed by atoms with van der Waals surface area (Å²) in [6.07, 6.45) is 2.34. The Morgan fingerprint density at radius 1 is 1.50 bits per heavy atom. The SMILES string of the molecule is NNC(CC1CCCO1)c1c(F)ccc(Br)c1F. The molecular formula is C12H15BrF2N2O. The minimum absolute atomic E-state index is 0.00355. The van der Waals surface area contributed by atoms with Gasteiger partial charge in [-0.3, -0.25) is 11.3 Å². The minimum atomic E-state index is -0.615. The Balaban J connectivity index is 2.23. The van der Waals surface area contributed by atoms with Gasteiger partial charge in [0.25, 0.3) is 0 Å². The molecule has 2 rings (SSSR count). The monoisotopic (exact) mass is 320 g/mol. The van der Waals surface area contributed by atoms with Gasteiger partial charge in [-0.25, -0.2) is 8.78 Å². The van der Waals surface area contributed by atoms with E-state index >= 15 is 0 Å². The first kappa shape index (κ1) is 13.9. The van der Waals surface area contributed by atoms with Gasteiger partial charge in [0, 0.05) is 12.2 Å². The highest BCUT2D eigenvalue weighted by Crippen LogP contribution is 2.31. The van der Waals surface area contributed by atoms with Crippen LogP contribution in [0.4, 0.5) is 8.78 Å². The molecule has 1 aromatic carbocycles. The van der Waals surface area contributed by atoms with E-state index < -0.39 is 17.7 Å². The molecule has 2 unspecified atom stereocenters. The molecule has 1 fully saturated rings. The molecule has 0 aromatic heterocycles. The predicted octanol–water partition coefficient (Wildman–Crippen LogP) is 2.80. The van der Waals surface area contributed by atoms with Crippen LogP contribution < -0.4 is 11.3 Å². The average Bonchev–Trinajstić information content (AvgIpc) is 2.86. The van der Waals surface area contributed by atoms with Gasteiger partial charge in [0.15, 0.2) is 0 Å². The number of ether oxygens (including phenoxy) is 1. The van der Waals surface area contributed by atoms with Crippen molar-refractivity contribution >= 4 is 15.9 Å². The fraction of sp³-hybridized carbons (Fsp3) is 0.500. The molecule has 2 atom stereocenters. The van der Waals surface area contributed by atoms with Gasteiger partial charge in [0.2, 0.25) is 0 Å². The summed E-state index contributed by atoms with van der Waals surface area (Å²) in [6, 6.07) is 1.97. The van der Waals surface area contributed by atoms with Crippen LogP contribution in [-0.2, 0) is 4.74 Å². The summed E-state index contributed by atoms with van der Waals surface area (Å²) in [5.41, 5.74) is 2.43. The number of halogens is 3. The Kier molecular flexibility index (Phi) is 4.66. The Hall–Kier alpha value is -0.560. The van der Waals surface area contributed by atoms with Crippen LogP contribution in [0.1, 0.15) is 30.9 Å². The van der Waals surface area contributed by atoms with E-state index in [0.717, 1.165) is 12.8 Å². The maximum Gasteiger partial charge on any atom is 0.145 e. The standard InChI is InChI=1S/C12H15BrF2N2O/c13-8-3-4-9(14)11(12(8)15)10(17-16)6-7-2-1-5-18-7/h3-4,7,10,17H,1-2,5-6,16H2. The van der Waals surface area contributed by atoms with Gasteiger partial charge in [-0.1, -0.05) is 0 Å². The summed E-state index contributed by atoms with van der Waals surface area (Å²) in [5, 5.41) is 0. The molecule has 0 radical (unpaired) electrons. The van der Waals surface area contributed by atoms with Crippen LogP contribution in [0.3, 0.4) is 0 Å². The van der Waals surface area contributed by atoms with Crippen molar-refractivity contribution in [3.8, 4) is 0 Å². The molecular weight excluding hydrogens is 306 g/mol. The number of nitrogens with one attached hydrogen (secondary N) is 1. The van der Waals surface area contributed by atoms with Gasteiger partial charge in [0.05, 0.1) is 16.6 Å². The first-order valence-electron chi connectivity index (χ1n) is 5.84. The van der Waals surface area contributed by atoms with Crippen LogP contribution in [-0.4, -0.2) is 12.7 Å². The molecule has 1 saturated heterocycles. The van der Waals surface area contributed by atoms with Crippen molar-refractivity contribution in [3.05, 3.63) is 33.8 Å². The molecule has 1 aromatic rings. The maximum atomic E-state index is 14.0. The van der Waals surface area contributed by atoms with Gasteiger partial charge in [-0.15, -0.1) is 0 Å². The summed E-state index contributed by atoms with van der Waals surface area (Å²) in [4.78, 5) is 0. The van der Waals surface area contributed by atoms with Crippen LogP contribution >= 0.6 is 15.9 Å². The maximum absolute atomic E-state index is 14.0. The van der Waals surface area contributed by atoms with Gasteiger partial charge in [-0.05, 0) is 47.3 Å². The van der Waals surface area contributed by atoms with Crippen molar-refractivity contribution in [3.63, 3.8) is 0 Å². The molecule has 0 amide bonds. The van der Waals surface area contributed by atoms with Crippen LogP contribution in [0.25, 0.3) is 0 Å². The second-order valence-electron chi connectivity index (χ2n) is 4.35. The third kappa shape index (κ3) is 2.88. The predicted molar refractivity (Wildman–Crippen MR) is 67.7 cm³/mol. The first-order valence-corrected chi connectivity index (χ1v) is 6.64. The molecule has 0 saturated carbocycles. The number of nitrogens with two attached hydrogens (primary N) is 1. The Morgan fingerprint density at radius 3 is 2.89 bits per heavy atom. The summed E-state index contributed by atoms with van der Waals surface area (Å²) in [5.74, 6) is 4.20. The van der Waals surface area contributed by atoms with Crippen molar-refractivity contribution in [2.45, 2.75) is 31.4 Å². The molecule has 1 heterocycles. The van der Waals surface area contributed by atoms with Crippen molar-refractivity contribution < 1.29 is 13.5 Å². The second-order valence-corrected chi connectivity index (χ2v) is 5.20. The Morgan fingerprint density at radius 2 is 2.28 bits per heavy atom. The third-order valence-electron chi connectivity index (χ3n) is 3.15. The van der Waals surface area contributed by atoms with E-state index in [-0.39, 0.29) is 16.1 Å². The fourth-order valence-corrected chi connectivity index (χ4v) is 2.57. The van der Waals surface area contributed by atoms with Crippen LogP contribution in [0.15, 0.2) is 16.6 Å². The summed E-state index contributed by atoms with van der Waals surface area (Å²) < 4.78 is 33.4. The molecule has 1 aliphatic heterocycles. The van der Waals surface area contributed by atoms with Gasteiger partial charge >= 0.3 is 0 Å². The van der Waals surface area contributed by atoms with Gasteiger partial charge < -0.3 is 4.74 Å². The molecule has 0 bridgehead atoms. The first-order chi connectivity index (χ1) is 8.63. The van der Waals surface area contributed by atoms with Gasteiger partial charge in [0.1, 0.15) is 11.6 Å². The van der Waals surface area contributed by atoms with Crippen LogP contribution in [0.2, 0.25) is 0 Å². The average molecular weight is 321 g/mol. The van der Waals surface area contributed by atoms with Crippen LogP contribution in [0, 0.1) is 11.6 Å².